The Morgan fingerprint density at radius 1 is 0.944 bits per heavy atom. The Hall–Kier alpha value is -2.20. The maximum Gasteiger partial charge on any atom is 0.295 e. The summed E-state index contributed by atoms with van der Waals surface area (Å²) in [5.41, 5.74) is 1.10. The minimum absolute atomic E-state index is 0.210. The summed E-state index contributed by atoms with van der Waals surface area (Å²) in [6, 6.07) is 16.9. The quantitative estimate of drug-likeness (QED) is 0.500. The van der Waals surface area contributed by atoms with Crippen LogP contribution in [0.25, 0.3) is 20.5 Å². The first kappa shape index (κ1) is 10.9. The molecule has 0 radical (unpaired) electrons. The van der Waals surface area contributed by atoms with E-state index in [2.05, 4.69) is 0 Å². The second-order valence-corrected chi connectivity index (χ2v) is 4.95. The van der Waals surface area contributed by atoms with Gasteiger partial charge in [-0.15, -0.1) is 11.3 Å². The molecule has 18 heavy (non-hydrogen) atoms. The molecule has 4 heteroatoms. The van der Waals surface area contributed by atoms with E-state index in [0.717, 1.165) is 15.1 Å². The van der Waals surface area contributed by atoms with Crippen LogP contribution >= 0.6 is 11.3 Å². The highest BCUT2D eigenvalue weighted by Crippen LogP contribution is 2.43. The maximum absolute atomic E-state index is 11.3. The second kappa shape index (κ2) is 4.23. The molecule has 88 valence electrons. The number of benzene rings is 2. The highest BCUT2D eigenvalue weighted by molar-refractivity contribution is 7.23. The molecule has 0 aliphatic carbocycles. The number of fused-ring (bicyclic) bond motifs is 1. The summed E-state index contributed by atoms with van der Waals surface area (Å²) < 4.78 is 0.947. The minimum atomic E-state index is -0.291. The Morgan fingerprint density at radius 2 is 1.61 bits per heavy atom. The zero-order valence-corrected chi connectivity index (χ0v) is 10.2. The summed E-state index contributed by atoms with van der Waals surface area (Å²) in [5, 5.41) is 12.0. The number of hydrogen-bond donors (Lipinski definition) is 0. The third kappa shape index (κ3) is 1.67. The van der Waals surface area contributed by atoms with E-state index in [9.17, 15) is 10.1 Å². The smallest absolute Gasteiger partial charge is 0.258 e. The third-order valence-electron chi connectivity index (χ3n) is 2.79. The SMILES string of the molecule is O=[N+]([O-])c1c(-c2ccccc2)sc2ccccc12. The molecule has 0 atom stereocenters. The molecule has 2 aromatic carbocycles. The molecular weight excluding hydrogens is 246 g/mol. The number of nitrogens with zero attached hydrogens (tertiary/aromatic N) is 1. The fourth-order valence-electron chi connectivity index (χ4n) is 2.00. The Labute approximate surface area is 107 Å². The van der Waals surface area contributed by atoms with E-state index in [1.807, 2.05) is 48.5 Å². The molecule has 1 heterocycles. The van der Waals surface area contributed by atoms with E-state index < -0.39 is 0 Å². The van der Waals surface area contributed by atoms with Crippen molar-refractivity contribution in [1.82, 2.24) is 0 Å². The predicted molar refractivity (Wildman–Crippen MR) is 73.9 cm³/mol. The van der Waals surface area contributed by atoms with Crippen molar-refractivity contribution in [2.75, 3.05) is 0 Å². The second-order valence-electron chi connectivity index (χ2n) is 3.90. The van der Waals surface area contributed by atoms with Gasteiger partial charge in [-0.1, -0.05) is 42.5 Å². The van der Waals surface area contributed by atoms with Crippen molar-refractivity contribution in [1.29, 1.82) is 0 Å². The van der Waals surface area contributed by atoms with Gasteiger partial charge in [-0.05, 0) is 17.7 Å². The fourth-order valence-corrected chi connectivity index (χ4v) is 3.17. The number of hydrogen-bond acceptors (Lipinski definition) is 3. The van der Waals surface area contributed by atoms with Gasteiger partial charge in [0.15, 0.2) is 0 Å². The number of nitro groups is 1. The van der Waals surface area contributed by atoms with E-state index in [1.54, 1.807) is 6.07 Å². The van der Waals surface area contributed by atoms with Crippen LogP contribution in [0.2, 0.25) is 0 Å². The molecule has 1 aromatic heterocycles. The van der Waals surface area contributed by atoms with Crippen LogP contribution in [-0.2, 0) is 0 Å². The van der Waals surface area contributed by atoms with Crippen LogP contribution in [0.15, 0.2) is 54.6 Å². The molecule has 3 aromatic rings. The van der Waals surface area contributed by atoms with Crippen molar-refractivity contribution >= 4 is 27.1 Å². The van der Waals surface area contributed by atoms with Gasteiger partial charge in [0.1, 0.15) is 4.88 Å². The van der Waals surface area contributed by atoms with E-state index >= 15 is 0 Å². The van der Waals surface area contributed by atoms with Gasteiger partial charge in [0.2, 0.25) is 0 Å². The van der Waals surface area contributed by atoms with Crippen molar-refractivity contribution in [3.8, 4) is 10.4 Å². The molecule has 0 saturated heterocycles. The normalized spacial score (nSPS) is 10.7. The molecule has 0 unspecified atom stereocenters. The van der Waals surface area contributed by atoms with Crippen LogP contribution in [0.4, 0.5) is 5.69 Å². The van der Waals surface area contributed by atoms with Gasteiger partial charge in [0.25, 0.3) is 5.69 Å². The third-order valence-corrected chi connectivity index (χ3v) is 4.00. The average molecular weight is 255 g/mol. The van der Waals surface area contributed by atoms with Crippen molar-refractivity contribution in [3.05, 3.63) is 64.7 Å². The van der Waals surface area contributed by atoms with Gasteiger partial charge in [-0.2, -0.15) is 0 Å². The first-order valence-corrected chi connectivity index (χ1v) is 6.30. The van der Waals surface area contributed by atoms with E-state index in [-0.39, 0.29) is 10.6 Å². The number of rotatable bonds is 2. The Morgan fingerprint density at radius 3 is 2.33 bits per heavy atom. The van der Waals surface area contributed by atoms with Crippen LogP contribution in [0.5, 0.6) is 0 Å². The largest absolute Gasteiger partial charge is 0.295 e. The summed E-state index contributed by atoms with van der Waals surface area (Å²) >= 11 is 1.46. The number of thiophene rings is 1. The summed E-state index contributed by atoms with van der Waals surface area (Å²) in [4.78, 5) is 11.7. The highest BCUT2D eigenvalue weighted by Gasteiger charge is 2.22. The lowest BCUT2D eigenvalue weighted by Crippen LogP contribution is -1.88. The molecule has 0 amide bonds. The Kier molecular flexibility index (Phi) is 2.57. The Bertz CT molecular complexity index is 719. The average Bonchev–Trinajstić information content (AvgIpc) is 2.79. The zero-order chi connectivity index (χ0) is 12.5. The van der Waals surface area contributed by atoms with E-state index in [0.29, 0.717) is 5.39 Å². The molecule has 0 N–H and O–H groups in total. The van der Waals surface area contributed by atoms with Crippen LogP contribution in [0.1, 0.15) is 0 Å². The first-order chi connectivity index (χ1) is 8.77. The summed E-state index contributed by atoms with van der Waals surface area (Å²) in [5.74, 6) is 0. The predicted octanol–water partition coefficient (Wildman–Crippen LogP) is 4.48. The van der Waals surface area contributed by atoms with Gasteiger partial charge in [0, 0.05) is 4.70 Å². The Balaban J connectivity index is 2.36. The van der Waals surface area contributed by atoms with Crippen LogP contribution in [-0.4, -0.2) is 4.92 Å². The monoisotopic (exact) mass is 255 g/mol. The summed E-state index contributed by atoms with van der Waals surface area (Å²) in [7, 11) is 0. The van der Waals surface area contributed by atoms with Crippen molar-refractivity contribution in [2.24, 2.45) is 0 Å². The van der Waals surface area contributed by atoms with Gasteiger partial charge >= 0.3 is 0 Å². The minimum Gasteiger partial charge on any atom is -0.258 e. The lowest BCUT2D eigenvalue weighted by atomic mass is 10.1. The van der Waals surface area contributed by atoms with E-state index in [1.165, 1.54) is 11.3 Å². The summed E-state index contributed by atoms with van der Waals surface area (Å²) in [6.45, 7) is 0. The highest BCUT2D eigenvalue weighted by atomic mass is 32.1. The van der Waals surface area contributed by atoms with Crippen LogP contribution < -0.4 is 0 Å². The standard InChI is InChI=1S/C14H9NO2S/c16-15(17)13-11-8-4-5-9-12(11)18-14(13)10-6-2-1-3-7-10/h1-9H. The molecule has 0 spiro atoms. The van der Waals surface area contributed by atoms with Crippen LogP contribution in [0, 0.1) is 10.1 Å². The zero-order valence-electron chi connectivity index (χ0n) is 9.37. The van der Waals surface area contributed by atoms with Crippen molar-refractivity contribution in [2.45, 2.75) is 0 Å². The van der Waals surface area contributed by atoms with Crippen LogP contribution in [0.3, 0.4) is 0 Å². The van der Waals surface area contributed by atoms with Gasteiger partial charge in [-0.3, -0.25) is 10.1 Å². The van der Waals surface area contributed by atoms with Gasteiger partial charge < -0.3 is 0 Å². The lowest BCUT2D eigenvalue weighted by molar-refractivity contribution is -0.382. The fraction of sp³-hybridized carbons (Fsp3) is 0. The summed E-state index contributed by atoms with van der Waals surface area (Å²) in [6.07, 6.45) is 0. The van der Waals surface area contributed by atoms with Crippen molar-refractivity contribution in [3.63, 3.8) is 0 Å². The van der Waals surface area contributed by atoms with E-state index in [4.69, 9.17) is 0 Å². The molecule has 3 rings (SSSR count). The topological polar surface area (TPSA) is 43.1 Å². The molecule has 0 aliphatic heterocycles. The molecule has 0 bridgehead atoms. The maximum atomic E-state index is 11.3. The molecule has 0 aliphatic rings. The van der Waals surface area contributed by atoms with Gasteiger partial charge in [-0.25, -0.2) is 0 Å². The van der Waals surface area contributed by atoms with Gasteiger partial charge in [0.05, 0.1) is 10.3 Å². The van der Waals surface area contributed by atoms with Crippen molar-refractivity contribution < 1.29 is 4.92 Å². The first-order valence-electron chi connectivity index (χ1n) is 5.49. The molecular formula is C14H9NO2S. The molecule has 0 fully saturated rings. The molecule has 0 saturated carbocycles. The lowest BCUT2D eigenvalue weighted by Gasteiger charge is -1.96. The molecule has 3 nitrogen and oxygen atoms in total.